The van der Waals surface area contributed by atoms with Crippen LogP contribution >= 0.6 is 12.2 Å². The number of ether oxygens (including phenoxy) is 2. The van der Waals surface area contributed by atoms with Gasteiger partial charge in [0, 0.05) is 23.2 Å². The van der Waals surface area contributed by atoms with Gasteiger partial charge < -0.3 is 14.5 Å². The maximum Gasteiger partial charge on any atom is 0.255 e. The molecule has 2 N–H and O–H groups in total. The molecule has 0 unspecified atom stereocenters. The Morgan fingerprint density at radius 3 is 2.65 bits per heavy atom. The van der Waals surface area contributed by atoms with E-state index in [4.69, 9.17) is 21.7 Å². The quantitative estimate of drug-likeness (QED) is 0.762. The van der Waals surface area contributed by atoms with E-state index in [1.807, 2.05) is 32.0 Å². The lowest BCUT2D eigenvalue weighted by Crippen LogP contribution is -2.18. The van der Waals surface area contributed by atoms with Crippen molar-refractivity contribution in [3.63, 3.8) is 0 Å². The Labute approximate surface area is 140 Å². The molecule has 0 aliphatic rings. The molecule has 0 aliphatic heterocycles. The minimum atomic E-state index is -0.158. The van der Waals surface area contributed by atoms with E-state index in [0.717, 1.165) is 17.7 Å². The molecule has 0 amide bonds. The van der Waals surface area contributed by atoms with Gasteiger partial charge in [-0.2, -0.15) is 0 Å². The number of benzene rings is 1. The van der Waals surface area contributed by atoms with Crippen LogP contribution in [0.25, 0.3) is 0 Å². The standard InChI is InChI=1S/C17H22N2O3S/c1-4-9-22-15-11(7-6-8-14(15)21-3)10-12-13(5-2)18-17(23)19-16(12)20/h6-8H,4-5,9-10H2,1-3H3,(H2,18,19,20,23). The van der Waals surface area contributed by atoms with Gasteiger partial charge in [-0.3, -0.25) is 9.78 Å². The molecule has 2 rings (SSSR count). The molecule has 1 aromatic heterocycles. The molecule has 0 aliphatic carbocycles. The summed E-state index contributed by atoms with van der Waals surface area (Å²) in [6.07, 6.45) is 2.07. The van der Waals surface area contributed by atoms with Gasteiger partial charge in [0.2, 0.25) is 0 Å². The normalized spacial score (nSPS) is 10.6. The second kappa shape index (κ2) is 7.97. The Bertz CT molecular complexity index is 780. The number of aryl methyl sites for hydroxylation is 1. The van der Waals surface area contributed by atoms with Crippen molar-refractivity contribution in [1.82, 2.24) is 9.97 Å². The fraction of sp³-hybridized carbons (Fsp3) is 0.412. The lowest BCUT2D eigenvalue weighted by molar-refractivity contribution is 0.291. The monoisotopic (exact) mass is 334 g/mol. The third-order valence-corrected chi connectivity index (χ3v) is 3.79. The molecule has 0 saturated heterocycles. The van der Waals surface area contributed by atoms with Crippen LogP contribution in [0.1, 0.15) is 37.1 Å². The van der Waals surface area contributed by atoms with E-state index in [1.54, 1.807) is 7.11 Å². The summed E-state index contributed by atoms with van der Waals surface area (Å²) in [5.41, 5.74) is 2.29. The van der Waals surface area contributed by atoms with Crippen LogP contribution in [0, 0.1) is 4.77 Å². The lowest BCUT2D eigenvalue weighted by Gasteiger charge is -2.15. The molecule has 6 heteroatoms. The van der Waals surface area contributed by atoms with E-state index in [2.05, 4.69) is 9.97 Å². The zero-order valence-electron chi connectivity index (χ0n) is 13.7. The van der Waals surface area contributed by atoms with Crippen molar-refractivity contribution < 1.29 is 9.47 Å². The average Bonchev–Trinajstić information content (AvgIpc) is 2.55. The molecule has 0 radical (unpaired) electrons. The topological polar surface area (TPSA) is 67.1 Å². The number of hydrogen-bond donors (Lipinski definition) is 2. The van der Waals surface area contributed by atoms with Gasteiger partial charge in [-0.25, -0.2) is 0 Å². The Balaban J connectivity index is 2.48. The first-order valence-corrected chi connectivity index (χ1v) is 8.14. The lowest BCUT2D eigenvalue weighted by atomic mass is 10.0. The number of aromatic nitrogens is 2. The van der Waals surface area contributed by atoms with Gasteiger partial charge in [-0.05, 0) is 31.1 Å². The largest absolute Gasteiger partial charge is 0.493 e. The molecule has 5 nitrogen and oxygen atoms in total. The smallest absolute Gasteiger partial charge is 0.255 e. The zero-order valence-corrected chi connectivity index (χ0v) is 14.5. The van der Waals surface area contributed by atoms with Crippen molar-refractivity contribution in [2.75, 3.05) is 13.7 Å². The summed E-state index contributed by atoms with van der Waals surface area (Å²) in [5, 5.41) is 0. The highest BCUT2D eigenvalue weighted by Gasteiger charge is 2.15. The van der Waals surface area contributed by atoms with E-state index >= 15 is 0 Å². The van der Waals surface area contributed by atoms with Crippen molar-refractivity contribution in [3.05, 3.63) is 50.1 Å². The van der Waals surface area contributed by atoms with Crippen LogP contribution in [0.3, 0.4) is 0 Å². The minimum absolute atomic E-state index is 0.158. The molecule has 23 heavy (non-hydrogen) atoms. The first kappa shape index (κ1) is 17.3. The molecule has 1 aromatic carbocycles. The van der Waals surface area contributed by atoms with Gasteiger partial charge in [-0.15, -0.1) is 0 Å². The Morgan fingerprint density at radius 2 is 2.00 bits per heavy atom. The van der Waals surface area contributed by atoms with Crippen LogP contribution < -0.4 is 15.0 Å². The Morgan fingerprint density at radius 1 is 1.22 bits per heavy atom. The van der Waals surface area contributed by atoms with E-state index in [0.29, 0.717) is 41.3 Å². The van der Waals surface area contributed by atoms with Gasteiger partial charge in [0.1, 0.15) is 0 Å². The van der Waals surface area contributed by atoms with Gasteiger partial charge in [0.05, 0.1) is 13.7 Å². The molecule has 2 aromatic rings. The Hall–Kier alpha value is -2.08. The summed E-state index contributed by atoms with van der Waals surface area (Å²) < 4.78 is 11.6. The third-order valence-electron chi connectivity index (χ3n) is 3.58. The molecular weight excluding hydrogens is 312 g/mol. The number of nitrogens with one attached hydrogen (secondary N) is 2. The summed E-state index contributed by atoms with van der Waals surface area (Å²) in [6.45, 7) is 4.64. The van der Waals surface area contributed by atoms with Gasteiger partial charge in [0.25, 0.3) is 5.56 Å². The number of H-pyrrole nitrogens is 2. The highest BCUT2D eigenvalue weighted by atomic mass is 32.1. The van der Waals surface area contributed by atoms with Crippen molar-refractivity contribution in [2.45, 2.75) is 33.1 Å². The highest BCUT2D eigenvalue weighted by Crippen LogP contribution is 2.32. The van der Waals surface area contributed by atoms with E-state index in [1.165, 1.54) is 0 Å². The van der Waals surface area contributed by atoms with Crippen molar-refractivity contribution in [2.24, 2.45) is 0 Å². The number of rotatable bonds is 7. The second-order valence-electron chi connectivity index (χ2n) is 5.19. The highest BCUT2D eigenvalue weighted by molar-refractivity contribution is 7.71. The minimum Gasteiger partial charge on any atom is -0.493 e. The van der Waals surface area contributed by atoms with Crippen LogP contribution in [0.4, 0.5) is 0 Å². The van der Waals surface area contributed by atoms with Crippen LogP contribution in [0.15, 0.2) is 23.0 Å². The first-order valence-electron chi connectivity index (χ1n) is 7.73. The van der Waals surface area contributed by atoms with Crippen LogP contribution in [0.2, 0.25) is 0 Å². The Kier molecular flexibility index (Phi) is 5.98. The molecule has 1 heterocycles. The fourth-order valence-corrected chi connectivity index (χ4v) is 2.68. The summed E-state index contributed by atoms with van der Waals surface area (Å²) in [6, 6.07) is 5.71. The molecule has 0 spiro atoms. The fourth-order valence-electron chi connectivity index (χ4n) is 2.47. The van der Waals surface area contributed by atoms with Gasteiger partial charge in [-0.1, -0.05) is 26.0 Å². The number of hydrogen-bond acceptors (Lipinski definition) is 4. The van der Waals surface area contributed by atoms with Crippen molar-refractivity contribution in [1.29, 1.82) is 0 Å². The SMILES string of the molecule is CCCOc1c(Cc2c(CC)[nH]c(=S)[nH]c2=O)cccc1OC. The second-order valence-corrected chi connectivity index (χ2v) is 5.60. The molecule has 0 fully saturated rings. The number of aromatic amines is 2. The number of methoxy groups -OCH3 is 1. The molecule has 124 valence electrons. The van der Waals surface area contributed by atoms with Gasteiger partial charge in [0.15, 0.2) is 16.3 Å². The maximum absolute atomic E-state index is 12.3. The molecule has 0 atom stereocenters. The van der Waals surface area contributed by atoms with Crippen molar-refractivity contribution >= 4 is 12.2 Å². The summed E-state index contributed by atoms with van der Waals surface area (Å²) in [7, 11) is 1.61. The zero-order chi connectivity index (χ0) is 16.8. The summed E-state index contributed by atoms with van der Waals surface area (Å²) in [5.74, 6) is 1.37. The predicted molar refractivity (Wildman–Crippen MR) is 93.2 cm³/mol. The molecular formula is C17H22N2O3S. The molecule has 0 bridgehead atoms. The average molecular weight is 334 g/mol. The molecule has 0 saturated carbocycles. The van der Waals surface area contributed by atoms with Crippen LogP contribution in [0.5, 0.6) is 11.5 Å². The van der Waals surface area contributed by atoms with Crippen LogP contribution in [-0.4, -0.2) is 23.7 Å². The summed E-state index contributed by atoms with van der Waals surface area (Å²) in [4.78, 5) is 18.0. The van der Waals surface area contributed by atoms with E-state index in [-0.39, 0.29) is 5.56 Å². The first-order chi connectivity index (χ1) is 11.1. The van der Waals surface area contributed by atoms with E-state index in [9.17, 15) is 4.79 Å². The van der Waals surface area contributed by atoms with E-state index < -0.39 is 0 Å². The third kappa shape index (κ3) is 4.01. The number of para-hydroxylation sites is 1. The van der Waals surface area contributed by atoms with Gasteiger partial charge >= 0.3 is 0 Å². The maximum atomic E-state index is 12.3. The van der Waals surface area contributed by atoms with Crippen LogP contribution in [-0.2, 0) is 12.8 Å². The summed E-state index contributed by atoms with van der Waals surface area (Å²) >= 11 is 5.04. The predicted octanol–water partition coefficient (Wildman–Crippen LogP) is 3.38. The van der Waals surface area contributed by atoms with Crippen molar-refractivity contribution in [3.8, 4) is 11.5 Å².